The highest BCUT2D eigenvalue weighted by molar-refractivity contribution is 7.21. The van der Waals surface area contributed by atoms with E-state index in [1.165, 1.54) is 23.5 Å². The van der Waals surface area contributed by atoms with Gasteiger partial charge in [-0.1, -0.05) is 29.8 Å². The molecule has 1 aromatic heterocycles. The van der Waals surface area contributed by atoms with E-state index in [1.54, 1.807) is 6.07 Å². The third kappa shape index (κ3) is 3.13. The fraction of sp³-hybridized carbons (Fsp3) is 0.111. The summed E-state index contributed by atoms with van der Waals surface area (Å²) in [4.78, 5) is 23.7. The van der Waals surface area contributed by atoms with Crippen molar-refractivity contribution >= 4 is 45.3 Å². The lowest BCUT2D eigenvalue weighted by molar-refractivity contribution is 0.0733. The molecule has 0 unspecified atom stereocenters. The molecule has 0 aliphatic carbocycles. The average Bonchev–Trinajstić information content (AvgIpc) is 2.94. The number of benzene rings is 2. The van der Waals surface area contributed by atoms with Crippen LogP contribution in [0.2, 0.25) is 5.02 Å². The summed E-state index contributed by atoms with van der Waals surface area (Å²) in [6.45, 7) is 2.19. The maximum absolute atomic E-state index is 12.5. The summed E-state index contributed by atoms with van der Waals surface area (Å²) in [7, 11) is 0. The van der Waals surface area contributed by atoms with Crippen LogP contribution in [0, 0.1) is 0 Å². The maximum Gasteiger partial charge on any atom is 0.355 e. The number of carbonyl (C=O) groups excluding carboxylic acids is 2. The molecule has 122 valence electrons. The summed E-state index contributed by atoms with van der Waals surface area (Å²) in [6, 6.07) is 12.1. The SMILES string of the molecule is CCOc1cc(C=O)ccc1OC(=O)c1sc2ccccc2c1Cl. The minimum Gasteiger partial charge on any atom is -0.490 e. The highest BCUT2D eigenvalue weighted by atomic mass is 35.5. The summed E-state index contributed by atoms with van der Waals surface area (Å²) in [6.07, 6.45) is 0.705. The Morgan fingerprint density at radius 3 is 2.71 bits per heavy atom. The van der Waals surface area contributed by atoms with Gasteiger partial charge in [0.05, 0.1) is 11.6 Å². The molecule has 0 fully saturated rings. The zero-order valence-corrected chi connectivity index (χ0v) is 14.3. The molecule has 0 saturated carbocycles. The predicted molar refractivity (Wildman–Crippen MR) is 94.8 cm³/mol. The van der Waals surface area contributed by atoms with Crippen LogP contribution in [0.15, 0.2) is 42.5 Å². The van der Waals surface area contributed by atoms with Gasteiger partial charge >= 0.3 is 5.97 Å². The van der Waals surface area contributed by atoms with Gasteiger partial charge in [0.2, 0.25) is 0 Å². The normalized spacial score (nSPS) is 10.6. The molecule has 0 radical (unpaired) electrons. The molecular formula is C18H13ClO4S. The van der Waals surface area contributed by atoms with E-state index in [-0.39, 0.29) is 5.75 Å². The smallest absolute Gasteiger partial charge is 0.355 e. The Kier molecular flexibility index (Phi) is 4.83. The monoisotopic (exact) mass is 360 g/mol. The van der Waals surface area contributed by atoms with E-state index in [9.17, 15) is 9.59 Å². The lowest BCUT2D eigenvalue weighted by Crippen LogP contribution is -2.08. The number of halogens is 1. The number of fused-ring (bicyclic) bond motifs is 1. The Balaban J connectivity index is 1.94. The quantitative estimate of drug-likeness (QED) is 0.365. The van der Waals surface area contributed by atoms with E-state index in [0.29, 0.717) is 34.1 Å². The van der Waals surface area contributed by atoms with Crippen molar-refractivity contribution in [3.05, 3.63) is 57.9 Å². The fourth-order valence-electron chi connectivity index (χ4n) is 2.24. The lowest BCUT2D eigenvalue weighted by Gasteiger charge is -2.10. The second-order valence-corrected chi connectivity index (χ2v) is 6.32. The fourth-order valence-corrected chi connectivity index (χ4v) is 3.63. The number of rotatable bonds is 5. The highest BCUT2D eigenvalue weighted by Gasteiger charge is 2.20. The topological polar surface area (TPSA) is 52.6 Å². The Labute approximate surface area is 147 Å². The molecule has 3 aromatic rings. The number of carbonyl (C=O) groups is 2. The molecule has 0 aliphatic heterocycles. The van der Waals surface area contributed by atoms with E-state index in [0.717, 1.165) is 10.1 Å². The number of hydrogen-bond donors (Lipinski definition) is 0. The van der Waals surface area contributed by atoms with E-state index >= 15 is 0 Å². The van der Waals surface area contributed by atoms with Crippen LogP contribution in [0.25, 0.3) is 10.1 Å². The molecule has 0 aliphatic rings. The van der Waals surface area contributed by atoms with Crippen molar-refractivity contribution in [1.82, 2.24) is 0 Å². The first-order valence-corrected chi connectivity index (χ1v) is 8.44. The lowest BCUT2D eigenvalue weighted by atomic mass is 10.2. The predicted octanol–water partition coefficient (Wildman–Crippen LogP) is 4.99. The Bertz CT molecular complexity index is 917. The zero-order valence-electron chi connectivity index (χ0n) is 12.7. The Hall–Kier alpha value is -2.37. The van der Waals surface area contributed by atoms with Crippen molar-refractivity contribution in [3.63, 3.8) is 0 Å². The molecule has 24 heavy (non-hydrogen) atoms. The van der Waals surface area contributed by atoms with Crippen LogP contribution in [0.5, 0.6) is 11.5 Å². The van der Waals surface area contributed by atoms with Crippen LogP contribution in [-0.2, 0) is 0 Å². The molecular weight excluding hydrogens is 348 g/mol. The van der Waals surface area contributed by atoms with Gasteiger partial charge in [-0.3, -0.25) is 4.79 Å². The largest absolute Gasteiger partial charge is 0.490 e. The van der Waals surface area contributed by atoms with Gasteiger partial charge < -0.3 is 9.47 Å². The average molecular weight is 361 g/mol. The minimum atomic E-state index is -0.555. The van der Waals surface area contributed by atoms with Gasteiger partial charge in [-0.05, 0) is 31.2 Å². The summed E-state index contributed by atoms with van der Waals surface area (Å²) in [5.74, 6) is 0.0367. The van der Waals surface area contributed by atoms with Gasteiger partial charge in [0, 0.05) is 15.6 Å². The molecule has 0 amide bonds. The van der Waals surface area contributed by atoms with Crippen molar-refractivity contribution in [2.24, 2.45) is 0 Å². The molecule has 0 atom stereocenters. The van der Waals surface area contributed by atoms with E-state index in [4.69, 9.17) is 21.1 Å². The summed E-state index contributed by atoms with van der Waals surface area (Å²) in [5.41, 5.74) is 0.443. The first-order chi connectivity index (χ1) is 11.6. The van der Waals surface area contributed by atoms with Crippen LogP contribution < -0.4 is 9.47 Å². The molecule has 0 saturated heterocycles. The first kappa shape index (κ1) is 16.5. The van der Waals surface area contributed by atoms with Crippen molar-refractivity contribution in [3.8, 4) is 11.5 Å². The third-order valence-electron chi connectivity index (χ3n) is 3.33. The molecule has 4 nitrogen and oxygen atoms in total. The second-order valence-electron chi connectivity index (χ2n) is 4.89. The Morgan fingerprint density at radius 1 is 1.21 bits per heavy atom. The van der Waals surface area contributed by atoms with Gasteiger partial charge in [0.25, 0.3) is 0 Å². The van der Waals surface area contributed by atoms with Gasteiger partial charge in [-0.2, -0.15) is 0 Å². The second kappa shape index (κ2) is 7.03. The van der Waals surface area contributed by atoms with E-state index < -0.39 is 5.97 Å². The molecule has 0 bridgehead atoms. The van der Waals surface area contributed by atoms with Crippen LogP contribution in [0.1, 0.15) is 27.0 Å². The van der Waals surface area contributed by atoms with E-state index in [2.05, 4.69) is 0 Å². The molecule has 0 spiro atoms. The van der Waals surface area contributed by atoms with Crippen molar-refractivity contribution in [2.75, 3.05) is 6.61 Å². The maximum atomic E-state index is 12.5. The van der Waals surface area contributed by atoms with Crippen LogP contribution in [0.3, 0.4) is 0 Å². The Morgan fingerprint density at radius 2 is 2.00 bits per heavy atom. The van der Waals surface area contributed by atoms with Crippen LogP contribution in [0.4, 0.5) is 0 Å². The molecule has 1 heterocycles. The molecule has 3 rings (SSSR count). The first-order valence-electron chi connectivity index (χ1n) is 7.25. The van der Waals surface area contributed by atoms with E-state index in [1.807, 2.05) is 31.2 Å². The third-order valence-corrected chi connectivity index (χ3v) is 4.98. The van der Waals surface area contributed by atoms with Gasteiger partial charge in [0.15, 0.2) is 11.5 Å². The summed E-state index contributed by atoms with van der Waals surface area (Å²) < 4.78 is 11.8. The minimum absolute atomic E-state index is 0.251. The summed E-state index contributed by atoms with van der Waals surface area (Å²) in [5, 5.41) is 1.19. The standard InChI is InChI=1S/C18H13ClO4S/c1-2-22-14-9-11(10-20)7-8-13(14)23-18(21)17-16(19)12-5-3-4-6-15(12)24-17/h3-10H,2H2,1H3. The number of aldehydes is 1. The molecule has 0 N–H and O–H groups in total. The zero-order chi connectivity index (χ0) is 17.1. The summed E-state index contributed by atoms with van der Waals surface area (Å²) >= 11 is 7.57. The van der Waals surface area contributed by atoms with Gasteiger partial charge in [-0.25, -0.2) is 4.79 Å². The molecule has 2 aromatic carbocycles. The van der Waals surface area contributed by atoms with Gasteiger partial charge in [0.1, 0.15) is 11.2 Å². The van der Waals surface area contributed by atoms with Crippen molar-refractivity contribution in [2.45, 2.75) is 6.92 Å². The number of hydrogen-bond acceptors (Lipinski definition) is 5. The number of ether oxygens (including phenoxy) is 2. The van der Waals surface area contributed by atoms with Gasteiger partial charge in [-0.15, -0.1) is 11.3 Å². The highest BCUT2D eigenvalue weighted by Crippen LogP contribution is 2.37. The molecule has 6 heteroatoms. The van der Waals surface area contributed by atoms with Crippen molar-refractivity contribution < 1.29 is 19.1 Å². The van der Waals surface area contributed by atoms with Crippen molar-refractivity contribution in [1.29, 1.82) is 0 Å². The van der Waals surface area contributed by atoms with Crippen LogP contribution >= 0.6 is 22.9 Å². The number of esters is 1. The number of thiophene rings is 1. The van der Waals surface area contributed by atoms with Crippen LogP contribution in [-0.4, -0.2) is 18.9 Å².